The second-order valence-corrected chi connectivity index (χ2v) is 8.46. The molecule has 3 aliphatic heterocycles. The summed E-state index contributed by atoms with van der Waals surface area (Å²) in [5, 5.41) is 10.9. The first-order chi connectivity index (χ1) is 14.7. The first-order valence-electron chi connectivity index (χ1n) is 10.5. The van der Waals surface area contributed by atoms with Crippen molar-refractivity contribution in [3.05, 3.63) is 35.9 Å². The summed E-state index contributed by atoms with van der Waals surface area (Å²) in [6, 6.07) is 6.20. The van der Waals surface area contributed by atoms with Crippen LogP contribution in [0.5, 0.6) is 0 Å². The van der Waals surface area contributed by atoms with Gasteiger partial charge in [0.05, 0.1) is 24.2 Å². The fourth-order valence-corrected chi connectivity index (χ4v) is 4.91. The van der Waals surface area contributed by atoms with Crippen molar-refractivity contribution in [3.63, 3.8) is 0 Å². The van der Waals surface area contributed by atoms with Crippen LogP contribution in [-0.4, -0.2) is 74.9 Å². The number of amides is 2. The van der Waals surface area contributed by atoms with E-state index < -0.39 is 35.8 Å². The van der Waals surface area contributed by atoms with Crippen LogP contribution in [-0.2, 0) is 20.8 Å². The molecular formula is C21H28N6O4. The predicted octanol–water partition coefficient (Wildman–Crippen LogP) is -1.55. The molecule has 0 aliphatic carbocycles. The number of hydrogen-bond acceptors (Lipinski definition) is 8. The lowest BCUT2D eigenvalue weighted by atomic mass is 9.85. The third kappa shape index (κ3) is 3.50. The summed E-state index contributed by atoms with van der Waals surface area (Å²) in [6.07, 6.45) is 2.09. The molecule has 10 nitrogen and oxygen atoms in total. The number of nitrogens with two attached hydrogens (primary N) is 3. The first-order valence-corrected chi connectivity index (χ1v) is 10.5. The SMILES string of the molecule is NC1=NC(=O)C2(O)C(N)CCC(C(=O)[C@@H]3CCCN3C(=O)[C@H](N)Cc3ccccc3)N12. The van der Waals surface area contributed by atoms with Crippen LogP contribution in [0.2, 0.25) is 0 Å². The molecule has 10 heteroatoms. The largest absolute Gasteiger partial charge is 0.369 e. The van der Waals surface area contributed by atoms with Crippen molar-refractivity contribution in [1.82, 2.24) is 9.80 Å². The number of carbonyl (C=O) groups is 3. The molecule has 1 aromatic carbocycles. The van der Waals surface area contributed by atoms with Crippen LogP contribution in [0.1, 0.15) is 31.2 Å². The molecule has 7 N–H and O–H groups in total. The number of aliphatic hydroxyl groups is 1. The van der Waals surface area contributed by atoms with Gasteiger partial charge < -0.3 is 27.2 Å². The number of nitrogens with zero attached hydrogens (tertiary/aromatic N) is 3. The van der Waals surface area contributed by atoms with Gasteiger partial charge in [0, 0.05) is 6.54 Å². The zero-order chi connectivity index (χ0) is 22.3. The van der Waals surface area contributed by atoms with E-state index in [2.05, 4.69) is 4.99 Å². The van der Waals surface area contributed by atoms with E-state index in [0.29, 0.717) is 32.2 Å². The van der Waals surface area contributed by atoms with Crippen LogP contribution >= 0.6 is 0 Å². The van der Waals surface area contributed by atoms with Crippen molar-refractivity contribution in [2.75, 3.05) is 6.54 Å². The third-order valence-electron chi connectivity index (χ3n) is 6.53. The minimum absolute atomic E-state index is 0.224. The van der Waals surface area contributed by atoms with E-state index in [1.54, 1.807) is 0 Å². The number of ketones is 1. The molecule has 2 fully saturated rings. The number of aliphatic imine (C=N–C) groups is 1. The normalized spacial score (nSPS) is 31.4. The zero-order valence-electron chi connectivity index (χ0n) is 17.2. The first kappa shape index (κ1) is 21.4. The Balaban J connectivity index is 1.52. The molecule has 0 spiro atoms. The van der Waals surface area contributed by atoms with Crippen LogP contribution in [0.3, 0.4) is 0 Å². The second-order valence-electron chi connectivity index (χ2n) is 8.46. The Morgan fingerprint density at radius 1 is 1.19 bits per heavy atom. The predicted molar refractivity (Wildman–Crippen MR) is 112 cm³/mol. The van der Waals surface area contributed by atoms with Crippen molar-refractivity contribution < 1.29 is 19.5 Å². The highest BCUT2D eigenvalue weighted by atomic mass is 16.3. The van der Waals surface area contributed by atoms with Crippen molar-refractivity contribution in [2.45, 2.75) is 62.0 Å². The van der Waals surface area contributed by atoms with E-state index in [1.807, 2.05) is 30.3 Å². The summed E-state index contributed by atoms with van der Waals surface area (Å²) >= 11 is 0. The van der Waals surface area contributed by atoms with E-state index in [1.165, 1.54) is 4.90 Å². The monoisotopic (exact) mass is 428 g/mol. The highest BCUT2D eigenvalue weighted by Crippen LogP contribution is 2.36. The number of rotatable bonds is 5. The highest BCUT2D eigenvalue weighted by Gasteiger charge is 2.60. The molecule has 5 atom stereocenters. The van der Waals surface area contributed by atoms with Crippen LogP contribution in [0, 0.1) is 0 Å². The van der Waals surface area contributed by atoms with Crippen molar-refractivity contribution in [1.29, 1.82) is 0 Å². The summed E-state index contributed by atoms with van der Waals surface area (Å²) in [6.45, 7) is 0.427. The van der Waals surface area contributed by atoms with Crippen LogP contribution < -0.4 is 17.2 Å². The summed E-state index contributed by atoms with van der Waals surface area (Å²) in [5.74, 6) is -1.66. The quantitative estimate of drug-likeness (QED) is 0.437. The highest BCUT2D eigenvalue weighted by molar-refractivity contribution is 6.07. The van der Waals surface area contributed by atoms with E-state index in [-0.39, 0.29) is 24.1 Å². The van der Waals surface area contributed by atoms with Gasteiger partial charge in [-0.05, 0) is 37.7 Å². The number of hydrogen-bond donors (Lipinski definition) is 4. The lowest BCUT2D eigenvalue weighted by molar-refractivity contribution is -0.166. The molecule has 0 radical (unpaired) electrons. The van der Waals surface area contributed by atoms with E-state index in [9.17, 15) is 19.5 Å². The van der Waals surface area contributed by atoms with Crippen molar-refractivity contribution in [3.8, 4) is 0 Å². The Hall–Kier alpha value is -2.82. The zero-order valence-corrected chi connectivity index (χ0v) is 17.2. The Morgan fingerprint density at radius 2 is 1.90 bits per heavy atom. The summed E-state index contributed by atoms with van der Waals surface area (Å²) in [4.78, 5) is 45.1. The lowest BCUT2D eigenvalue weighted by Gasteiger charge is -2.46. The van der Waals surface area contributed by atoms with Crippen LogP contribution in [0.4, 0.5) is 0 Å². The van der Waals surface area contributed by atoms with Gasteiger partial charge in [0.1, 0.15) is 0 Å². The molecule has 1 aromatic rings. The Labute approximate surface area is 180 Å². The minimum atomic E-state index is -2.13. The molecule has 0 aromatic heterocycles. The number of guanidine groups is 1. The van der Waals surface area contributed by atoms with Gasteiger partial charge in [-0.1, -0.05) is 30.3 Å². The summed E-state index contributed by atoms with van der Waals surface area (Å²) in [5.41, 5.74) is 16.8. The van der Waals surface area contributed by atoms with Crippen molar-refractivity contribution in [2.24, 2.45) is 22.2 Å². The molecule has 0 bridgehead atoms. The molecule has 0 saturated carbocycles. The Morgan fingerprint density at radius 3 is 2.61 bits per heavy atom. The number of carbonyl (C=O) groups excluding carboxylic acids is 3. The average Bonchev–Trinajstić information content (AvgIpc) is 3.32. The number of Topliss-reactive ketones (excluding diaryl/α,β-unsaturated/α-hetero) is 1. The second kappa shape index (κ2) is 8.03. The van der Waals surface area contributed by atoms with Gasteiger partial charge in [-0.2, -0.15) is 4.99 Å². The average molecular weight is 428 g/mol. The molecule has 3 aliphatic rings. The maximum atomic E-state index is 13.5. The third-order valence-corrected chi connectivity index (χ3v) is 6.53. The Bertz CT molecular complexity index is 922. The standard InChI is InChI=1S/C21H28N6O4/c22-13(11-12-5-2-1-3-6-12)18(29)26-10-4-7-14(26)17(28)15-8-9-16(23)21(31)19(30)25-20(24)27(15)21/h1-3,5-6,13-16,31H,4,7-11,22-23H2,(H2,24,25,30)/t13-,14+,15?,16?,21?/m1/s1. The molecule has 2 amide bonds. The number of benzene rings is 1. The molecule has 3 unspecified atom stereocenters. The fraction of sp³-hybridized carbons (Fsp3) is 0.524. The van der Waals surface area contributed by atoms with Gasteiger partial charge in [0.15, 0.2) is 5.78 Å². The van der Waals surface area contributed by atoms with Gasteiger partial charge in [0.2, 0.25) is 17.6 Å². The van der Waals surface area contributed by atoms with Gasteiger partial charge >= 0.3 is 5.91 Å². The number of fused-ring (bicyclic) bond motifs is 1. The van der Waals surface area contributed by atoms with Crippen LogP contribution in [0.15, 0.2) is 35.3 Å². The summed E-state index contributed by atoms with van der Waals surface area (Å²) < 4.78 is 0. The minimum Gasteiger partial charge on any atom is -0.369 e. The molecule has 3 heterocycles. The smallest absolute Gasteiger partial charge is 0.303 e. The van der Waals surface area contributed by atoms with Gasteiger partial charge in [-0.3, -0.25) is 19.3 Å². The molecule has 4 rings (SSSR count). The lowest BCUT2D eigenvalue weighted by Crippen LogP contribution is -2.71. The molecule has 31 heavy (non-hydrogen) atoms. The number of likely N-dealkylation sites (tertiary alicyclic amines) is 1. The number of piperidine rings is 1. The molecule has 2 saturated heterocycles. The fourth-order valence-electron chi connectivity index (χ4n) is 4.91. The van der Waals surface area contributed by atoms with Gasteiger partial charge in [0.25, 0.3) is 0 Å². The van der Waals surface area contributed by atoms with Gasteiger partial charge in [-0.15, -0.1) is 0 Å². The van der Waals surface area contributed by atoms with E-state index in [4.69, 9.17) is 17.2 Å². The van der Waals surface area contributed by atoms with Gasteiger partial charge in [-0.25, -0.2) is 0 Å². The summed E-state index contributed by atoms with van der Waals surface area (Å²) in [7, 11) is 0. The molecular weight excluding hydrogens is 400 g/mol. The maximum Gasteiger partial charge on any atom is 0.303 e. The maximum absolute atomic E-state index is 13.5. The molecule has 166 valence electrons. The van der Waals surface area contributed by atoms with E-state index >= 15 is 0 Å². The topological polar surface area (TPSA) is 168 Å². The van der Waals surface area contributed by atoms with E-state index in [0.717, 1.165) is 10.5 Å². The van der Waals surface area contributed by atoms with Crippen molar-refractivity contribution >= 4 is 23.6 Å². The van der Waals surface area contributed by atoms with Crippen LogP contribution in [0.25, 0.3) is 0 Å². The Kier molecular flexibility index (Phi) is 5.54.